The van der Waals surface area contributed by atoms with Gasteiger partial charge in [-0.1, -0.05) is 12.5 Å². The molecule has 0 radical (unpaired) electrons. The number of carbonyl (C=O) groups is 2. The number of halogens is 3. The molecule has 0 aromatic heterocycles. The minimum atomic E-state index is -5.08. The van der Waals surface area contributed by atoms with Crippen molar-refractivity contribution in [3.63, 3.8) is 0 Å². The van der Waals surface area contributed by atoms with E-state index in [1.165, 1.54) is 44.0 Å². The number of carboxylic acid groups (broad SMARTS) is 2. The Morgan fingerprint density at radius 1 is 0.833 bits per heavy atom. The molecule has 2 aliphatic heterocycles. The first-order chi connectivity index (χ1) is 19.8. The fraction of sp³-hybridized carbons (Fsp3) is 0.517. The molecule has 0 atom stereocenters. The second kappa shape index (κ2) is 13.3. The third-order valence-electron chi connectivity index (χ3n) is 8.06. The topological polar surface area (TPSA) is 127 Å². The number of hydrogen-bond donors (Lipinski definition) is 3. The van der Waals surface area contributed by atoms with Crippen molar-refractivity contribution in [3.8, 4) is 0 Å². The molecule has 230 valence electrons. The van der Waals surface area contributed by atoms with Crippen LogP contribution in [0, 0.1) is 0 Å². The lowest BCUT2D eigenvalue weighted by molar-refractivity contribution is -0.192. The number of alkyl halides is 3. The second-order valence-electron chi connectivity index (χ2n) is 10.9. The summed E-state index contributed by atoms with van der Waals surface area (Å²) in [6.45, 7) is 3.96. The van der Waals surface area contributed by atoms with Crippen molar-refractivity contribution in [2.75, 3.05) is 35.8 Å². The molecule has 13 heteroatoms. The Hall–Kier alpha value is -3.32. The summed E-state index contributed by atoms with van der Waals surface area (Å²) >= 11 is 0. The van der Waals surface area contributed by atoms with Gasteiger partial charge in [-0.25, -0.2) is 18.0 Å². The zero-order chi connectivity index (χ0) is 30.5. The number of nitrogens with one attached hydrogen (secondary N) is 1. The lowest BCUT2D eigenvalue weighted by atomic mass is 9.92. The molecule has 3 aliphatic rings. The highest BCUT2D eigenvalue weighted by Crippen LogP contribution is 2.31. The molecular weight excluding hydrogens is 575 g/mol. The standard InChI is InChI=1S/C27H35N3O4S.C2HF3O2/c31-27(32)25-19-22(28-35(33,34)24-10-8-20-6-2-3-7-21(20)18-24)9-11-26(25)30-16-12-23(13-17-30)29-14-4-1-5-15-29;3-2(4,5)1(6)7/h8-11,18-19,23,28H,1-7,12-17H2,(H,31,32);(H,6,7). The maximum atomic E-state index is 13.1. The summed E-state index contributed by atoms with van der Waals surface area (Å²) in [6, 6.07) is 10.8. The van der Waals surface area contributed by atoms with Crippen molar-refractivity contribution in [3.05, 3.63) is 53.1 Å². The maximum absolute atomic E-state index is 13.1. The molecule has 5 rings (SSSR count). The Balaban J connectivity index is 0.000000517. The van der Waals surface area contributed by atoms with Crippen molar-refractivity contribution in [1.82, 2.24) is 4.90 Å². The summed E-state index contributed by atoms with van der Waals surface area (Å²) in [6.07, 6.45) is 4.91. The molecule has 2 fully saturated rings. The van der Waals surface area contributed by atoms with Crippen LogP contribution < -0.4 is 9.62 Å². The quantitative estimate of drug-likeness (QED) is 0.409. The number of aliphatic carboxylic acids is 1. The van der Waals surface area contributed by atoms with E-state index in [9.17, 15) is 31.5 Å². The van der Waals surface area contributed by atoms with E-state index >= 15 is 0 Å². The van der Waals surface area contributed by atoms with Crippen LogP contribution in [0.3, 0.4) is 0 Å². The van der Waals surface area contributed by atoms with E-state index in [2.05, 4.69) is 14.5 Å². The fourth-order valence-electron chi connectivity index (χ4n) is 5.89. The van der Waals surface area contributed by atoms with Crippen LogP contribution in [-0.2, 0) is 27.7 Å². The normalized spacial score (nSPS) is 18.4. The van der Waals surface area contributed by atoms with Gasteiger partial charge in [0.2, 0.25) is 0 Å². The van der Waals surface area contributed by atoms with Crippen LogP contribution in [0.4, 0.5) is 24.5 Å². The average Bonchev–Trinajstić information content (AvgIpc) is 2.97. The minimum absolute atomic E-state index is 0.132. The smallest absolute Gasteiger partial charge is 0.478 e. The van der Waals surface area contributed by atoms with Crippen molar-refractivity contribution >= 4 is 33.3 Å². The van der Waals surface area contributed by atoms with Crippen LogP contribution in [0.2, 0.25) is 0 Å². The number of aryl methyl sites for hydroxylation is 2. The van der Waals surface area contributed by atoms with Gasteiger partial charge in [0.25, 0.3) is 10.0 Å². The van der Waals surface area contributed by atoms with Gasteiger partial charge in [0.05, 0.1) is 16.1 Å². The molecule has 2 heterocycles. The second-order valence-corrected chi connectivity index (χ2v) is 12.6. The average molecular weight is 612 g/mol. The van der Waals surface area contributed by atoms with Gasteiger partial charge < -0.3 is 20.0 Å². The molecule has 0 unspecified atom stereocenters. The summed E-state index contributed by atoms with van der Waals surface area (Å²) in [4.78, 5) is 26.0. The Kier molecular flexibility index (Phi) is 10.0. The Morgan fingerprint density at radius 2 is 1.45 bits per heavy atom. The van der Waals surface area contributed by atoms with E-state index in [-0.39, 0.29) is 16.1 Å². The van der Waals surface area contributed by atoms with E-state index < -0.39 is 28.1 Å². The van der Waals surface area contributed by atoms with Gasteiger partial charge in [0, 0.05) is 24.8 Å². The third-order valence-corrected chi connectivity index (χ3v) is 9.44. The fourth-order valence-corrected chi connectivity index (χ4v) is 6.99. The largest absolute Gasteiger partial charge is 0.490 e. The predicted molar refractivity (Wildman–Crippen MR) is 152 cm³/mol. The van der Waals surface area contributed by atoms with Crippen LogP contribution >= 0.6 is 0 Å². The molecule has 0 saturated carbocycles. The van der Waals surface area contributed by atoms with Crippen molar-refractivity contribution in [2.24, 2.45) is 0 Å². The predicted octanol–water partition coefficient (Wildman–Crippen LogP) is 5.15. The molecule has 1 aliphatic carbocycles. The number of fused-ring (bicyclic) bond motifs is 1. The zero-order valence-corrected chi connectivity index (χ0v) is 24.0. The van der Waals surface area contributed by atoms with E-state index in [1.807, 2.05) is 6.07 Å². The molecule has 9 nitrogen and oxygen atoms in total. The van der Waals surface area contributed by atoms with E-state index in [0.717, 1.165) is 57.2 Å². The minimum Gasteiger partial charge on any atom is -0.478 e. The molecule has 42 heavy (non-hydrogen) atoms. The summed E-state index contributed by atoms with van der Waals surface area (Å²) in [5, 5.41) is 17.0. The SMILES string of the molecule is O=C(O)C(F)(F)F.O=C(O)c1cc(NS(=O)(=O)c2ccc3c(c2)CCCC3)ccc1N1CCC(N2CCCCC2)CC1. The monoisotopic (exact) mass is 611 g/mol. The first kappa shape index (κ1) is 31.6. The number of sulfonamides is 1. The van der Waals surface area contributed by atoms with Crippen LogP contribution in [0.15, 0.2) is 41.3 Å². The number of carboxylic acids is 2. The Labute approximate surface area is 243 Å². The van der Waals surface area contributed by atoms with Crippen molar-refractivity contribution in [2.45, 2.75) is 74.9 Å². The summed E-state index contributed by atoms with van der Waals surface area (Å²) < 4.78 is 60.5. The summed E-state index contributed by atoms with van der Waals surface area (Å²) in [7, 11) is -3.81. The van der Waals surface area contributed by atoms with Crippen LogP contribution in [0.1, 0.15) is 66.4 Å². The van der Waals surface area contributed by atoms with Gasteiger partial charge in [-0.05, 0) is 106 Å². The summed E-state index contributed by atoms with van der Waals surface area (Å²) in [5.41, 5.74) is 3.37. The number of nitrogens with zero attached hydrogens (tertiary/aromatic N) is 2. The molecule has 2 aromatic carbocycles. The highest BCUT2D eigenvalue weighted by Gasteiger charge is 2.38. The van der Waals surface area contributed by atoms with Crippen molar-refractivity contribution in [1.29, 1.82) is 0 Å². The molecule has 0 amide bonds. The van der Waals surface area contributed by atoms with Gasteiger partial charge in [-0.2, -0.15) is 13.2 Å². The number of aromatic carboxylic acids is 1. The van der Waals surface area contributed by atoms with Gasteiger partial charge in [0.1, 0.15) is 0 Å². The molecular formula is C29H36F3N3O6S. The zero-order valence-electron chi connectivity index (χ0n) is 23.2. The maximum Gasteiger partial charge on any atom is 0.490 e. The van der Waals surface area contributed by atoms with Gasteiger partial charge in [-0.15, -0.1) is 0 Å². The number of anilines is 2. The van der Waals surface area contributed by atoms with E-state index in [1.54, 1.807) is 24.3 Å². The third kappa shape index (κ3) is 7.94. The lowest BCUT2D eigenvalue weighted by Crippen LogP contribution is -2.47. The lowest BCUT2D eigenvalue weighted by Gasteiger charge is -2.41. The van der Waals surface area contributed by atoms with Gasteiger partial charge in [-0.3, -0.25) is 4.72 Å². The highest BCUT2D eigenvalue weighted by molar-refractivity contribution is 7.92. The number of likely N-dealkylation sites (tertiary alicyclic amines) is 1. The molecule has 0 spiro atoms. The molecule has 3 N–H and O–H groups in total. The molecule has 0 bridgehead atoms. The number of hydrogen-bond acceptors (Lipinski definition) is 6. The molecule has 2 aromatic rings. The van der Waals surface area contributed by atoms with E-state index in [4.69, 9.17) is 9.90 Å². The Morgan fingerprint density at radius 3 is 2.05 bits per heavy atom. The number of rotatable bonds is 6. The summed E-state index contributed by atoms with van der Waals surface area (Å²) in [5.74, 6) is -3.81. The van der Waals surface area contributed by atoms with Gasteiger partial charge in [0.15, 0.2) is 0 Å². The van der Waals surface area contributed by atoms with Crippen LogP contribution in [-0.4, -0.2) is 73.9 Å². The number of benzene rings is 2. The molecule has 2 saturated heterocycles. The highest BCUT2D eigenvalue weighted by atomic mass is 32.2. The van der Waals surface area contributed by atoms with Crippen molar-refractivity contribution < 1.29 is 41.4 Å². The van der Waals surface area contributed by atoms with E-state index in [0.29, 0.717) is 11.7 Å². The first-order valence-electron chi connectivity index (χ1n) is 14.2. The first-order valence-corrected chi connectivity index (χ1v) is 15.6. The van der Waals surface area contributed by atoms with Gasteiger partial charge >= 0.3 is 18.1 Å². The number of piperidine rings is 2. The van der Waals surface area contributed by atoms with Crippen LogP contribution in [0.5, 0.6) is 0 Å². The van der Waals surface area contributed by atoms with Crippen LogP contribution in [0.25, 0.3) is 0 Å². The Bertz CT molecular complexity index is 1390.